The Bertz CT molecular complexity index is 1070. The first-order valence-corrected chi connectivity index (χ1v) is 10.2. The summed E-state index contributed by atoms with van der Waals surface area (Å²) in [5, 5.41) is 15.4. The van der Waals surface area contributed by atoms with Crippen LogP contribution in [0.25, 0.3) is 11.3 Å². The molecule has 12 heteroatoms. The molecule has 2 fully saturated rings. The van der Waals surface area contributed by atoms with E-state index in [4.69, 9.17) is 16.1 Å². The number of aliphatic carboxylic acids is 1. The summed E-state index contributed by atoms with van der Waals surface area (Å²) in [6.07, 6.45) is 0. The number of carboxylic acid groups (broad SMARTS) is 1. The number of carbonyl (C=O) groups is 3. The molecule has 3 heterocycles. The normalized spacial score (nSPS) is 23.6. The van der Waals surface area contributed by atoms with Crippen molar-refractivity contribution >= 4 is 64.2 Å². The molecule has 2 radical (unpaired) electrons. The third kappa shape index (κ3) is 3.71. The zero-order valence-corrected chi connectivity index (χ0v) is 19.8. The van der Waals surface area contributed by atoms with Gasteiger partial charge in [0, 0.05) is 27.8 Å². The molecule has 0 unspecified atom stereocenters. The lowest BCUT2D eigenvalue weighted by Gasteiger charge is -2.43. The zero-order valence-electron chi connectivity index (χ0n) is 16.8. The fourth-order valence-corrected chi connectivity index (χ4v) is 5.77. The van der Waals surface area contributed by atoms with E-state index in [9.17, 15) is 23.9 Å². The number of β-lactam (4-membered cyclic amide) rings is 1. The number of nitrogens with one attached hydrogen (secondary N) is 1. The van der Waals surface area contributed by atoms with Crippen LogP contribution in [0.4, 0.5) is 4.39 Å². The SMILES string of the molecule is Cc1onc(-c2c(F)cccc2Cl)c1C(=O)N[C@@H]1C(=O)N2[C@@H]1SC(C)(C)[C@@H]2C(=O)O.[Mg]. The first kappa shape index (κ1) is 23.8. The number of halogens is 2. The Morgan fingerprint density at radius 3 is 2.68 bits per heavy atom. The standard InChI is InChI=1S/C19H17ClFN3O5S.Mg/c1-7-10(12(23-29-7)11-8(20)5-4-6-9(11)21)15(25)22-13-16(26)24-14(18(27)28)19(2,3)30-17(13)24;/h4-6,13-14,17H,1-3H3,(H,22,25)(H,27,28);/t13-,14+,17-;/m1./s1. The van der Waals surface area contributed by atoms with Crippen molar-refractivity contribution in [2.75, 3.05) is 0 Å². The molecule has 0 bridgehead atoms. The topological polar surface area (TPSA) is 113 Å². The fraction of sp³-hybridized carbons (Fsp3) is 0.368. The van der Waals surface area contributed by atoms with Crippen LogP contribution in [0.5, 0.6) is 0 Å². The predicted octanol–water partition coefficient (Wildman–Crippen LogP) is 2.31. The minimum Gasteiger partial charge on any atom is -0.480 e. The van der Waals surface area contributed by atoms with Crippen LogP contribution in [0.15, 0.2) is 22.7 Å². The monoisotopic (exact) mass is 477 g/mol. The second-order valence-corrected chi connectivity index (χ2v) is 9.79. The summed E-state index contributed by atoms with van der Waals surface area (Å²) >= 11 is 7.40. The van der Waals surface area contributed by atoms with Gasteiger partial charge in [-0.1, -0.05) is 22.8 Å². The molecule has 8 nitrogen and oxygen atoms in total. The predicted molar refractivity (Wildman–Crippen MR) is 112 cm³/mol. The molecule has 2 aliphatic rings. The van der Waals surface area contributed by atoms with E-state index in [1.54, 1.807) is 13.8 Å². The Morgan fingerprint density at radius 1 is 1.39 bits per heavy atom. The molecular weight excluding hydrogens is 461 g/mol. The number of amides is 2. The molecule has 0 spiro atoms. The van der Waals surface area contributed by atoms with E-state index in [2.05, 4.69) is 10.5 Å². The quantitative estimate of drug-likeness (QED) is 0.513. The van der Waals surface area contributed by atoms with Crippen LogP contribution in [-0.2, 0) is 9.59 Å². The van der Waals surface area contributed by atoms with E-state index in [0.717, 1.165) is 0 Å². The number of aryl methyl sites for hydroxylation is 1. The molecule has 31 heavy (non-hydrogen) atoms. The lowest BCUT2D eigenvalue weighted by Crippen LogP contribution is -2.70. The van der Waals surface area contributed by atoms with Gasteiger partial charge in [-0.3, -0.25) is 9.59 Å². The number of aromatic nitrogens is 1. The molecule has 2 aromatic rings. The smallest absolute Gasteiger partial charge is 0.327 e. The third-order valence-electron chi connectivity index (χ3n) is 5.25. The molecule has 1 aromatic carbocycles. The van der Waals surface area contributed by atoms with Crippen molar-refractivity contribution in [3.63, 3.8) is 0 Å². The van der Waals surface area contributed by atoms with Crippen LogP contribution in [0.3, 0.4) is 0 Å². The number of rotatable bonds is 4. The van der Waals surface area contributed by atoms with Crippen LogP contribution in [-0.4, -0.2) is 78.2 Å². The summed E-state index contributed by atoms with van der Waals surface area (Å²) in [6, 6.07) is 2.17. The van der Waals surface area contributed by atoms with Crippen molar-refractivity contribution in [3.05, 3.63) is 40.4 Å². The molecule has 0 saturated carbocycles. The van der Waals surface area contributed by atoms with Gasteiger partial charge in [0.25, 0.3) is 5.91 Å². The molecule has 160 valence electrons. The van der Waals surface area contributed by atoms with Crippen LogP contribution in [0, 0.1) is 12.7 Å². The highest BCUT2D eigenvalue weighted by Crippen LogP contribution is 2.50. The maximum absolute atomic E-state index is 14.4. The average molecular weight is 478 g/mol. The minimum absolute atomic E-state index is 0. The fourth-order valence-electron chi connectivity index (χ4n) is 3.89. The number of thioether (sulfide) groups is 1. The van der Waals surface area contributed by atoms with Crippen LogP contribution in [0.2, 0.25) is 5.02 Å². The molecule has 2 N–H and O–H groups in total. The zero-order chi connectivity index (χ0) is 22.0. The van der Waals surface area contributed by atoms with Crippen molar-refractivity contribution in [1.29, 1.82) is 0 Å². The number of hydrogen-bond acceptors (Lipinski definition) is 6. The van der Waals surface area contributed by atoms with Gasteiger partial charge < -0.3 is 19.8 Å². The highest BCUT2D eigenvalue weighted by Gasteiger charge is 2.64. The van der Waals surface area contributed by atoms with Crippen LogP contribution < -0.4 is 5.32 Å². The Labute approximate surface area is 202 Å². The van der Waals surface area contributed by atoms with E-state index >= 15 is 0 Å². The summed E-state index contributed by atoms with van der Waals surface area (Å²) in [5.74, 6) is -2.81. The molecule has 0 aliphatic carbocycles. The number of carbonyl (C=O) groups excluding carboxylic acids is 2. The Hall–Kier alpha value is -1.82. The summed E-state index contributed by atoms with van der Waals surface area (Å²) in [6.45, 7) is 4.97. The van der Waals surface area contributed by atoms with Gasteiger partial charge in [0.2, 0.25) is 5.91 Å². The van der Waals surface area contributed by atoms with Gasteiger partial charge in [-0.25, -0.2) is 9.18 Å². The largest absolute Gasteiger partial charge is 0.480 e. The van der Waals surface area contributed by atoms with E-state index < -0.39 is 45.8 Å². The molecular formula is C19H17ClFMgN3O5S. The maximum Gasteiger partial charge on any atom is 0.327 e. The van der Waals surface area contributed by atoms with Gasteiger partial charge in [-0.05, 0) is 32.9 Å². The van der Waals surface area contributed by atoms with Crippen molar-refractivity contribution in [2.45, 2.75) is 43.0 Å². The van der Waals surface area contributed by atoms with Crippen LogP contribution >= 0.6 is 23.4 Å². The Morgan fingerprint density at radius 2 is 2.06 bits per heavy atom. The molecule has 2 amide bonds. The highest BCUT2D eigenvalue weighted by molar-refractivity contribution is 8.01. The number of carboxylic acids is 1. The first-order chi connectivity index (χ1) is 14.0. The highest BCUT2D eigenvalue weighted by atomic mass is 35.5. The van der Waals surface area contributed by atoms with E-state index in [1.807, 2.05) is 0 Å². The van der Waals surface area contributed by atoms with Gasteiger partial charge in [0.15, 0.2) is 0 Å². The van der Waals surface area contributed by atoms with Crippen LogP contribution in [0.1, 0.15) is 30.0 Å². The van der Waals surface area contributed by atoms with E-state index in [-0.39, 0.29) is 50.7 Å². The summed E-state index contributed by atoms with van der Waals surface area (Å²) in [5.41, 5.74) is -0.185. The van der Waals surface area contributed by atoms with Crippen molar-refractivity contribution in [2.24, 2.45) is 0 Å². The number of hydrogen-bond donors (Lipinski definition) is 2. The average Bonchev–Trinajstić information content (AvgIpc) is 3.14. The van der Waals surface area contributed by atoms with Crippen molar-refractivity contribution < 1.29 is 28.4 Å². The number of fused-ring (bicyclic) bond motifs is 1. The van der Waals surface area contributed by atoms with Gasteiger partial charge in [0.1, 0.15) is 40.3 Å². The second kappa shape index (κ2) is 8.27. The lowest BCUT2D eigenvalue weighted by atomic mass is 9.95. The second-order valence-electron chi connectivity index (χ2n) is 7.61. The van der Waals surface area contributed by atoms with Gasteiger partial charge in [0.05, 0.1) is 10.6 Å². The Balaban J connectivity index is 0.00000272. The van der Waals surface area contributed by atoms with E-state index in [1.165, 1.54) is 41.8 Å². The molecule has 1 aromatic heterocycles. The van der Waals surface area contributed by atoms with Gasteiger partial charge >= 0.3 is 5.97 Å². The third-order valence-corrected chi connectivity index (χ3v) is 7.14. The Kier molecular flexibility index (Phi) is 6.35. The van der Waals surface area contributed by atoms with E-state index in [0.29, 0.717) is 0 Å². The number of benzene rings is 1. The number of nitrogens with zero attached hydrogens (tertiary/aromatic N) is 2. The van der Waals surface area contributed by atoms with Crippen molar-refractivity contribution in [1.82, 2.24) is 15.4 Å². The summed E-state index contributed by atoms with van der Waals surface area (Å²) < 4.78 is 18.7. The summed E-state index contributed by atoms with van der Waals surface area (Å²) in [7, 11) is 0. The molecule has 2 saturated heterocycles. The maximum atomic E-state index is 14.4. The van der Waals surface area contributed by atoms with Gasteiger partial charge in [-0.2, -0.15) is 0 Å². The first-order valence-electron chi connectivity index (χ1n) is 8.99. The lowest BCUT2D eigenvalue weighted by molar-refractivity contribution is -0.159. The van der Waals surface area contributed by atoms with Crippen molar-refractivity contribution in [3.8, 4) is 11.3 Å². The minimum atomic E-state index is -1.10. The van der Waals surface area contributed by atoms with Gasteiger partial charge in [-0.15, -0.1) is 11.8 Å². The molecule has 4 rings (SSSR count). The molecule has 3 atom stereocenters. The summed E-state index contributed by atoms with van der Waals surface area (Å²) in [4.78, 5) is 38.5. The molecule has 2 aliphatic heterocycles.